The number of alkyl halides is 1. The first-order valence-corrected chi connectivity index (χ1v) is 8.99. The number of aromatic nitrogens is 1. The second kappa shape index (κ2) is 6.08. The zero-order valence-electron chi connectivity index (χ0n) is 10.4. The van der Waals surface area contributed by atoms with Crippen LogP contribution in [0.3, 0.4) is 0 Å². The number of nitrogens with zero attached hydrogens (tertiary/aromatic N) is 1. The van der Waals surface area contributed by atoms with Crippen LogP contribution in [0.2, 0.25) is 0 Å². The first-order valence-electron chi connectivity index (χ1n) is 6.18. The van der Waals surface area contributed by atoms with Gasteiger partial charge in [0.1, 0.15) is 4.90 Å². The van der Waals surface area contributed by atoms with Gasteiger partial charge in [0, 0.05) is 28.3 Å². The standard InChI is InChI=1S/C12H16BrClN2O2S/c13-10-6-11(8-15-7-10)19(17,18)16-12(9-14)4-2-1-3-5-12/h6-8,16H,1-5,9H2. The Kier molecular flexibility index (Phi) is 4.87. The molecular weight excluding hydrogens is 352 g/mol. The van der Waals surface area contributed by atoms with E-state index in [0.29, 0.717) is 10.4 Å². The molecule has 1 saturated carbocycles. The molecule has 0 spiro atoms. The Morgan fingerprint density at radius 2 is 2.00 bits per heavy atom. The number of pyridine rings is 1. The van der Waals surface area contributed by atoms with E-state index < -0.39 is 15.6 Å². The van der Waals surface area contributed by atoms with Gasteiger partial charge >= 0.3 is 0 Å². The second-order valence-corrected chi connectivity index (χ2v) is 7.78. The van der Waals surface area contributed by atoms with Gasteiger partial charge in [-0.15, -0.1) is 11.6 Å². The van der Waals surface area contributed by atoms with Crippen molar-refractivity contribution in [3.8, 4) is 0 Å². The van der Waals surface area contributed by atoms with Crippen LogP contribution in [0.5, 0.6) is 0 Å². The lowest BCUT2D eigenvalue weighted by Crippen LogP contribution is -2.51. The molecule has 1 heterocycles. The molecule has 0 aromatic carbocycles. The first-order chi connectivity index (χ1) is 8.97. The lowest BCUT2D eigenvalue weighted by atomic mass is 9.84. The summed E-state index contributed by atoms with van der Waals surface area (Å²) < 4.78 is 28.2. The smallest absolute Gasteiger partial charge is 0.242 e. The van der Waals surface area contributed by atoms with E-state index in [4.69, 9.17) is 11.6 Å². The Morgan fingerprint density at radius 3 is 2.58 bits per heavy atom. The predicted molar refractivity (Wildman–Crippen MR) is 78.8 cm³/mol. The quantitative estimate of drug-likeness (QED) is 0.832. The van der Waals surface area contributed by atoms with Crippen LogP contribution < -0.4 is 4.72 Å². The molecule has 19 heavy (non-hydrogen) atoms. The molecule has 0 unspecified atom stereocenters. The molecule has 0 aliphatic heterocycles. The van der Waals surface area contributed by atoms with Crippen molar-refractivity contribution in [1.82, 2.24) is 9.71 Å². The summed E-state index contributed by atoms with van der Waals surface area (Å²) in [6.45, 7) is 0. The molecule has 1 aliphatic carbocycles. The molecule has 0 saturated heterocycles. The summed E-state index contributed by atoms with van der Waals surface area (Å²) in [6, 6.07) is 1.54. The second-order valence-electron chi connectivity index (χ2n) is 4.92. The van der Waals surface area contributed by atoms with Crippen LogP contribution in [0, 0.1) is 0 Å². The molecule has 0 bridgehead atoms. The van der Waals surface area contributed by atoms with E-state index in [0.717, 1.165) is 32.1 Å². The molecule has 1 aliphatic rings. The number of hydrogen-bond acceptors (Lipinski definition) is 3. The van der Waals surface area contributed by atoms with E-state index in [1.54, 1.807) is 12.3 Å². The van der Waals surface area contributed by atoms with Crippen LogP contribution >= 0.6 is 27.5 Å². The van der Waals surface area contributed by atoms with Gasteiger partial charge < -0.3 is 0 Å². The fourth-order valence-electron chi connectivity index (χ4n) is 2.37. The van der Waals surface area contributed by atoms with E-state index in [1.807, 2.05) is 0 Å². The van der Waals surface area contributed by atoms with Crippen molar-refractivity contribution in [3.05, 3.63) is 22.9 Å². The van der Waals surface area contributed by atoms with Crippen LogP contribution in [0.15, 0.2) is 27.8 Å². The molecule has 2 rings (SSSR count). The Balaban J connectivity index is 2.25. The van der Waals surface area contributed by atoms with Gasteiger partial charge in [0.05, 0.1) is 0 Å². The summed E-state index contributed by atoms with van der Waals surface area (Å²) in [5.74, 6) is 0.299. The van der Waals surface area contributed by atoms with Gasteiger partial charge in [-0.3, -0.25) is 4.98 Å². The first kappa shape index (κ1) is 15.2. The van der Waals surface area contributed by atoms with Crippen molar-refractivity contribution in [1.29, 1.82) is 0 Å². The topological polar surface area (TPSA) is 59.1 Å². The number of rotatable bonds is 4. The Bertz CT molecular complexity index is 544. The third kappa shape index (κ3) is 3.68. The number of hydrogen-bond donors (Lipinski definition) is 1. The highest BCUT2D eigenvalue weighted by Crippen LogP contribution is 2.31. The maximum Gasteiger partial charge on any atom is 0.242 e. The monoisotopic (exact) mass is 366 g/mol. The van der Waals surface area contributed by atoms with Gasteiger partial charge in [0.25, 0.3) is 0 Å². The average molecular weight is 368 g/mol. The minimum atomic E-state index is -3.58. The molecule has 0 atom stereocenters. The summed E-state index contributed by atoms with van der Waals surface area (Å²) in [4.78, 5) is 4.06. The van der Waals surface area contributed by atoms with Gasteiger partial charge in [-0.25, -0.2) is 13.1 Å². The van der Waals surface area contributed by atoms with Crippen molar-refractivity contribution in [2.24, 2.45) is 0 Å². The lowest BCUT2D eigenvalue weighted by molar-refractivity contribution is 0.298. The van der Waals surface area contributed by atoms with Crippen LogP contribution in [0.1, 0.15) is 32.1 Å². The van der Waals surface area contributed by atoms with E-state index in [9.17, 15) is 8.42 Å². The lowest BCUT2D eigenvalue weighted by Gasteiger charge is -2.35. The molecule has 1 aromatic heterocycles. The van der Waals surface area contributed by atoms with E-state index >= 15 is 0 Å². The summed E-state index contributed by atoms with van der Waals surface area (Å²) in [7, 11) is -3.58. The van der Waals surface area contributed by atoms with Crippen LogP contribution in [-0.2, 0) is 10.0 Å². The fourth-order valence-corrected chi connectivity index (χ4v) is 4.75. The fraction of sp³-hybridized carbons (Fsp3) is 0.583. The molecule has 1 fully saturated rings. The van der Waals surface area contributed by atoms with E-state index in [-0.39, 0.29) is 4.90 Å². The number of nitrogens with one attached hydrogen (secondary N) is 1. The SMILES string of the molecule is O=S(=O)(NC1(CCl)CCCCC1)c1cncc(Br)c1. The minimum absolute atomic E-state index is 0.164. The summed E-state index contributed by atoms with van der Waals surface area (Å²) in [5, 5.41) is 0. The molecule has 0 radical (unpaired) electrons. The van der Waals surface area contributed by atoms with Crippen molar-refractivity contribution in [2.75, 3.05) is 5.88 Å². The van der Waals surface area contributed by atoms with Gasteiger partial charge in [-0.2, -0.15) is 0 Å². The van der Waals surface area contributed by atoms with Gasteiger partial charge in [0.15, 0.2) is 0 Å². The minimum Gasteiger partial charge on any atom is -0.262 e. The molecule has 4 nitrogen and oxygen atoms in total. The summed E-state index contributed by atoms with van der Waals surface area (Å²) in [5.41, 5.74) is -0.513. The molecule has 0 amide bonds. The van der Waals surface area contributed by atoms with E-state index in [1.165, 1.54) is 6.20 Å². The predicted octanol–water partition coefficient (Wildman–Crippen LogP) is 3.06. The van der Waals surface area contributed by atoms with Crippen molar-refractivity contribution in [3.63, 3.8) is 0 Å². The Morgan fingerprint density at radius 1 is 1.32 bits per heavy atom. The van der Waals surface area contributed by atoms with Gasteiger partial charge in [-0.05, 0) is 34.8 Å². The van der Waals surface area contributed by atoms with E-state index in [2.05, 4.69) is 25.6 Å². The zero-order chi connectivity index (χ0) is 13.9. The third-order valence-electron chi connectivity index (χ3n) is 3.41. The highest BCUT2D eigenvalue weighted by Gasteiger charge is 2.35. The third-order valence-corrected chi connectivity index (χ3v) is 5.90. The summed E-state index contributed by atoms with van der Waals surface area (Å²) in [6.07, 6.45) is 7.62. The molecular formula is C12H16BrClN2O2S. The number of halogens is 2. The molecule has 1 aromatic rings. The van der Waals surface area contributed by atoms with Crippen molar-refractivity contribution < 1.29 is 8.42 Å². The molecule has 7 heteroatoms. The highest BCUT2D eigenvalue weighted by molar-refractivity contribution is 9.10. The largest absolute Gasteiger partial charge is 0.262 e. The van der Waals surface area contributed by atoms with Gasteiger partial charge in [-0.1, -0.05) is 19.3 Å². The maximum absolute atomic E-state index is 12.4. The zero-order valence-corrected chi connectivity index (χ0v) is 13.6. The molecule has 1 N–H and O–H groups in total. The molecule has 106 valence electrons. The van der Waals surface area contributed by atoms with Gasteiger partial charge in [0.2, 0.25) is 10.0 Å². The van der Waals surface area contributed by atoms with Crippen molar-refractivity contribution in [2.45, 2.75) is 42.5 Å². The van der Waals surface area contributed by atoms with Crippen LogP contribution in [0.25, 0.3) is 0 Å². The van der Waals surface area contributed by atoms with Crippen LogP contribution in [-0.4, -0.2) is 24.8 Å². The highest BCUT2D eigenvalue weighted by atomic mass is 79.9. The van der Waals surface area contributed by atoms with Crippen LogP contribution in [0.4, 0.5) is 0 Å². The maximum atomic E-state index is 12.4. The summed E-state index contributed by atoms with van der Waals surface area (Å²) >= 11 is 9.24. The normalized spacial score (nSPS) is 19.3. The Labute approximate surface area is 127 Å². The van der Waals surface area contributed by atoms with Crippen molar-refractivity contribution >= 4 is 37.6 Å². The Hall–Kier alpha value is -0.170. The number of sulfonamides is 1. The average Bonchev–Trinajstić information content (AvgIpc) is 2.39.